The lowest BCUT2D eigenvalue weighted by atomic mass is 10.2. The third kappa shape index (κ3) is 4.60. The van der Waals surface area contributed by atoms with E-state index in [1.807, 2.05) is 14.1 Å². The molecule has 0 aromatic carbocycles. The minimum absolute atomic E-state index is 0.282. The van der Waals surface area contributed by atoms with Crippen molar-refractivity contribution in [2.75, 3.05) is 41.5 Å². The summed E-state index contributed by atoms with van der Waals surface area (Å²) in [6.45, 7) is 2.20. The quantitative estimate of drug-likeness (QED) is 0.629. The van der Waals surface area contributed by atoms with Crippen LogP contribution in [0.25, 0.3) is 0 Å². The predicted molar refractivity (Wildman–Crippen MR) is 70.1 cm³/mol. The molecule has 0 saturated carbocycles. The van der Waals surface area contributed by atoms with Gasteiger partial charge in [-0.1, -0.05) is 5.21 Å². The second-order valence-corrected chi connectivity index (χ2v) is 4.50. The summed E-state index contributed by atoms with van der Waals surface area (Å²) in [5.41, 5.74) is 1.05. The Kier molecular flexibility index (Phi) is 6.44. The Bertz CT molecular complexity index is 404. The SMILES string of the molecule is COCCc1c(C(=O)OC)nnn1CCCN(C)C. The van der Waals surface area contributed by atoms with Gasteiger partial charge in [0.2, 0.25) is 0 Å². The fourth-order valence-corrected chi connectivity index (χ4v) is 1.75. The summed E-state index contributed by atoms with van der Waals surface area (Å²) in [4.78, 5) is 13.7. The second kappa shape index (κ2) is 7.85. The molecule has 0 N–H and O–H groups in total. The molecule has 0 fully saturated rings. The first-order valence-corrected chi connectivity index (χ1v) is 6.24. The summed E-state index contributed by atoms with van der Waals surface area (Å²) in [5.74, 6) is -0.454. The van der Waals surface area contributed by atoms with E-state index in [9.17, 15) is 4.79 Å². The molecule has 1 aromatic rings. The molecule has 0 atom stereocenters. The Labute approximate surface area is 113 Å². The van der Waals surface area contributed by atoms with Gasteiger partial charge in [-0.05, 0) is 27.1 Å². The molecule has 0 unspecified atom stereocenters. The lowest BCUT2D eigenvalue weighted by Crippen LogP contribution is -2.17. The summed E-state index contributed by atoms with van der Waals surface area (Å²) >= 11 is 0. The normalized spacial score (nSPS) is 11.0. The Morgan fingerprint density at radius 3 is 2.68 bits per heavy atom. The van der Waals surface area contributed by atoms with Gasteiger partial charge in [0, 0.05) is 20.1 Å². The maximum absolute atomic E-state index is 11.6. The maximum Gasteiger partial charge on any atom is 0.360 e. The molecule has 0 amide bonds. The number of hydrogen-bond donors (Lipinski definition) is 0. The van der Waals surface area contributed by atoms with Crippen LogP contribution < -0.4 is 0 Å². The van der Waals surface area contributed by atoms with Crippen molar-refractivity contribution in [2.45, 2.75) is 19.4 Å². The van der Waals surface area contributed by atoms with E-state index >= 15 is 0 Å². The van der Waals surface area contributed by atoms with Gasteiger partial charge >= 0.3 is 5.97 Å². The van der Waals surface area contributed by atoms with Gasteiger partial charge in [0.25, 0.3) is 0 Å². The van der Waals surface area contributed by atoms with E-state index in [1.165, 1.54) is 7.11 Å². The van der Waals surface area contributed by atoms with E-state index in [2.05, 4.69) is 15.2 Å². The fourth-order valence-electron chi connectivity index (χ4n) is 1.75. The number of carbonyl (C=O) groups excluding carboxylic acids is 1. The van der Waals surface area contributed by atoms with Crippen LogP contribution in [-0.4, -0.2) is 67.3 Å². The largest absolute Gasteiger partial charge is 0.464 e. The Morgan fingerprint density at radius 1 is 1.37 bits per heavy atom. The van der Waals surface area contributed by atoms with Crippen LogP contribution in [0.5, 0.6) is 0 Å². The molecule has 7 heteroatoms. The van der Waals surface area contributed by atoms with E-state index in [-0.39, 0.29) is 5.69 Å². The van der Waals surface area contributed by atoms with Crippen LogP contribution in [-0.2, 0) is 22.4 Å². The highest BCUT2D eigenvalue weighted by atomic mass is 16.5. The summed E-state index contributed by atoms with van der Waals surface area (Å²) in [7, 11) is 7.01. The number of esters is 1. The van der Waals surface area contributed by atoms with Crippen molar-refractivity contribution >= 4 is 5.97 Å². The fraction of sp³-hybridized carbons (Fsp3) is 0.750. The zero-order valence-electron chi connectivity index (χ0n) is 12.0. The van der Waals surface area contributed by atoms with Gasteiger partial charge in [-0.3, -0.25) is 0 Å². The third-order valence-electron chi connectivity index (χ3n) is 2.73. The zero-order chi connectivity index (χ0) is 14.3. The number of aryl methyl sites for hydroxylation is 1. The van der Waals surface area contributed by atoms with Gasteiger partial charge in [0.1, 0.15) is 0 Å². The highest BCUT2D eigenvalue weighted by Gasteiger charge is 2.19. The van der Waals surface area contributed by atoms with Gasteiger partial charge in [0.15, 0.2) is 5.69 Å². The number of hydrogen-bond acceptors (Lipinski definition) is 6. The van der Waals surface area contributed by atoms with Crippen LogP contribution >= 0.6 is 0 Å². The van der Waals surface area contributed by atoms with Crippen LogP contribution in [0.2, 0.25) is 0 Å². The predicted octanol–water partition coefficient (Wildman–Crippen LogP) is 0.205. The van der Waals surface area contributed by atoms with Crippen LogP contribution in [0.1, 0.15) is 22.6 Å². The molecular weight excluding hydrogens is 248 g/mol. The molecule has 1 heterocycles. The minimum atomic E-state index is -0.454. The molecular formula is C12H22N4O3. The van der Waals surface area contributed by atoms with Crippen molar-refractivity contribution in [3.05, 3.63) is 11.4 Å². The summed E-state index contributed by atoms with van der Waals surface area (Å²) in [6, 6.07) is 0. The van der Waals surface area contributed by atoms with Crippen LogP contribution in [0.15, 0.2) is 0 Å². The van der Waals surface area contributed by atoms with Crippen LogP contribution in [0.4, 0.5) is 0 Å². The van der Waals surface area contributed by atoms with E-state index in [1.54, 1.807) is 11.8 Å². The standard InChI is InChI=1S/C12H22N4O3/c1-15(2)7-5-8-16-10(6-9-18-3)11(13-14-16)12(17)19-4/h5-9H2,1-4H3. The van der Waals surface area contributed by atoms with E-state index in [0.717, 1.165) is 25.2 Å². The third-order valence-corrected chi connectivity index (χ3v) is 2.73. The van der Waals surface area contributed by atoms with Crippen molar-refractivity contribution in [2.24, 2.45) is 0 Å². The van der Waals surface area contributed by atoms with Crippen molar-refractivity contribution in [1.29, 1.82) is 0 Å². The molecule has 1 aromatic heterocycles. The van der Waals surface area contributed by atoms with Crippen LogP contribution in [0, 0.1) is 0 Å². The molecule has 0 aliphatic heterocycles. The average Bonchev–Trinajstić information content (AvgIpc) is 2.78. The first-order chi connectivity index (χ1) is 9.10. The van der Waals surface area contributed by atoms with Gasteiger partial charge in [-0.25, -0.2) is 9.48 Å². The monoisotopic (exact) mass is 270 g/mol. The molecule has 0 bridgehead atoms. The second-order valence-electron chi connectivity index (χ2n) is 4.50. The summed E-state index contributed by atoms with van der Waals surface area (Å²) in [6.07, 6.45) is 1.53. The highest BCUT2D eigenvalue weighted by Crippen LogP contribution is 2.09. The molecule has 7 nitrogen and oxygen atoms in total. The molecule has 0 aliphatic rings. The summed E-state index contributed by atoms with van der Waals surface area (Å²) < 4.78 is 11.5. The molecule has 1 rings (SSSR count). The lowest BCUT2D eigenvalue weighted by molar-refractivity contribution is 0.0592. The van der Waals surface area contributed by atoms with Gasteiger partial charge < -0.3 is 14.4 Å². The van der Waals surface area contributed by atoms with Crippen molar-refractivity contribution in [1.82, 2.24) is 19.9 Å². The molecule has 0 aliphatic carbocycles. The van der Waals surface area contributed by atoms with Gasteiger partial charge in [-0.2, -0.15) is 0 Å². The molecule has 0 spiro atoms. The summed E-state index contributed by atoms with van der Waals surface area (Å²) in [5, 5.41) is 7.93. The number of aromatic nitrogens is 3. The zero-order valence-corrected chi connectivity index (χ0v) is 12.0. The topological polar surface area (TPSA) is 69.5 Å². The highest BCUT2D eigenvalue weighted by molar-refractivity contribution is 5.88. The number of nitrogens with zero attached hydrogens (tertiary/aromatic N) is 4. The van der Waals surface area contributed by atoms with Crippen molar-refractivity contribution < 1.29 is 14.3 Å². The first-order valence-electron chi connectivity index (χ1n) is 6.24. The van der Waals surface area contributed by atoms with Crippen molar-refractivity contribution in [3.8, 4) is 0 Å². The number of ether oxygens (including phenoxy) is 2. The maximum atomic E-state index is 11.6. The van der Waals surface area contributed by atoms with E-state index in [4.69, 9.17) is 9.47 Å². The molecule has 108 valence electrons. The minimum Gasteiger partial charge on any atom is -0.464 e. The van der Waals surface area contributed by atoms with Gasteiger partial charge in [-0.15, -0.1) is 5.10 Å². The van der Waals surface area contributed by atoms with Crippen LogP contribution in [0.3, 0.4) is 0 Å². The Hall–Kier alpha value is -1.47. The smallest absolute Gasteiger partial charge is 0.360 e. The van der Waals surface area contributed by atoms with Gasteiger partial charge in [0.05, 0.1) is 19.4 Å². The number of carbonyl (C=O) groups is 1. The van der Waals surface area contributed by atoms with E-state index < -0.39 is 5.97 Å². The van der Waals surface area contributed by atoms with Crippen molar-refractivity contribution in [3.63, 3.8) is 0 Å². The number of methoxy groups -OCH3 is 2. The molecule has 19 heavy (non-hydrogen) atoms. The molecule has 0 saturated heterocycles. The van der Waals surface area contributed by atoms with E-state index in [0.29, 0.717) is 13.0 Å². The first kappa shape index (κ1) is 15.6. The Balaban J connectivity index is 2.78. The molecule has 0 radical (unpaired) electrons. The Morgan fingerprint density at radius 2 is 2.11 bits per heavy atom. The lowest BCUT2D eigenvalue weighted by Gasteiger charge is -2.10. The number of rotatable bonds is 8. The average molecular weight is 270 g/mol.